The van der Waals surface area contributed by atoms with Gasteiger partial charge in [-0.05, 0) is 44.2 Å². The maximum absolute atomic E-state index is 12.4. The number of aromatic nitrogens is 3. The minimum Gasteiger partial charge on any atom is -0.348 e. The summed E-state index contributed by atoms with van der Waals surface area (Å²) < 4.78 is 0. The Morgan fingerprint density at radius 3 is 2.74 bits per heavy atom. The second-order valence-corrected chi connectivity index (χ2v) is 7.50. The molecule has 3 N–H and O–H groups in total. The van der Waals surface area contributed by atoms with Crippen LogP contribution in [-0.4, -0.2) is 39.5 Å². The lowest BCUT2D eigenvalue weighted by Crippen LogP contribution is -2.40. The van der Waals surface area contributed by atoms with Crippen molar-refractivity contribution in [1.82, 2.24) is 20.3 Å². The van der Waals surface area contributed by atoms with Gasteiger partial charge in [-0.15, -0.1) is 0 Å². The van der Waals surface area contributed by atoms with Crippen LogP contribution in [0.4, 0.5) is 5.82 Å². The summed E-state index contributed by atoms with van der Waals surface area (Å²) in [6, 6.07) is 4.72. The molecule has 2 aliphatic rings. The summed E-state index contributed by atoms with van der Waals surface area (Å²) in [6.07, 6.45) is 9.77. The van der Waals surface area contributed by atoms with E-state index in [-0.39, 0.29) is 24.0 Å². The molecule has 0 spiro atoms. The van der Waals surface area contributed by atoms with Crippen molar-refractivity contribution in [2.24, 2.45) is 5.73 Å². The van der Waals surface area contributed by atoms with Crippen LogP contribution in [0.5, 0.6) is 0 Å². The summed E-state index contributed by atoms with van der Waals surface area (Å²) >= 11 is 0. The van der Waals surface area contributed by atoms with Gasteiger partial charge in [-0.25, -0.2) is 9.97 Å². The first-order chi connectivity index (χ1) is 13.1. The van der Waals surface area contributed by atoms with Crippen LogP contribution in [0.2, 0.25) is 0 Å². The summed E-state index contributed by atoms with van der Waals surface area (Å²) in [4.78, 5) is 28.0. The van der Waals surface area contributed by atoms with E-state index in [1.165, 1.54) is 5.56 Å². The Morgan fingerprint density at radius 2 is 2.00 bits per heavy atom. The van der Waals surface area contributed by atoms with E-state index in [0.717, 1.165) is 50.2 Å². The summed E-state index contributed by atoms with van der Waals surface area (Å²) in [5, 5.41) is 3.06. The molecule has 2 aromatic heterocycles. The van der Waals surface area contributed by atoms with Crippen molar-refractivity contribution in [3.63, 3.8) is 0 Å². The largest absolute Gasteiger partial charge is 0.348 e. The second kappa shape index (κ2) is 7.60. The van der Waals surface area contributed by atoms with E-state index in [9.17, 15) is 4.79 Å². The Morgan fingerprint density at radius 1 is 1.19 bits per heavy atom. The van der Waals surface area contributed by atoms with E-state index < -0.39 is 0 Å². The zero-order valence-corrected chi connectivity index (χ0v) is 15.6. The molecule has 7 nitrogen and oxygen atoms in total. The molecule has 0 saturated heterocycles. The molecule has 3 heterocycles. The number of amides is 1. The highest BCUT2D eigenvalue weighted by Gasteiger charge is 2.26. The number of hydrogen-bond donors (Lipinski definition) is 2. The van der Waals surface area contributed by atoms with Gasteiger partial charge in [0.25, 0.3) is 5.91 Å². The van der Waals surface area contributed by atoms with E-state index >= 15 is 0 Å². The first-order valence-corrected chi connectivity index (χ1v) is 9.70. The Labute approximate surface area is 159 Å². The molecular weight excluding hydrogens is 340 g/mol. The van der Waals surface area contributed by atoms with Gasteiger partial charge in [0.2, 0.25) is 0 Å². The predicted octanol–water partition coefficient (Wildman–Crippen LogP) is 1.99. The van der Waals surface area contributed by atoms with E-state index in [1.54, 1.807) is 12.4 Å². The standard InChI is InChI=1S/C20H26N6O/c1-13-16-3-2-9-22-17(16)8-10-26(13)19-12-23-18(11-24-19)20(27)25-15-6-4-14(21)5-7-15/h2-3,9,11-15H,4-8,10,21H2,1H3,(H,25,27). The lowest BCUT2D eigenvalue weighted by atomic mass is 9.92. The average molecular weight is 366 g/mol. The zero-order valence-electron chi connectivity index (χ0n) is 15.6. The van der Waals surface area contributed by atoms with E-state index in [0.29, 0.717) is 5.69 Å². The van der Waals surface area contributed by atoms with Crippen LogP contribution in [0.25, 0.3) is 0 Å². The zero-order chi connectivity index (χ0) is 18.8. The number of carbonyl (C=O) groups excluding carboxylic acids is 1. The molecule has 0 radical (unpaired) electrons. The highest BCUT2D eigenvalue weighted by molar-refractivity contribution is 5.92. The normalized spacial score (nSPS) is 25.0. The van der Waals surface area contributed by atoms with Gasteiger partial charge in [0, 0.05) is 36.9 Å². The maximum atomic E-state index is 12.4. The Balaban J connectivity index is 1.42. The lowest BCUT2D eigenvalue weighted by Gasteiger charge is -2.35. The minimum absolute atomic E-state index is 0.157. The minimum atomic E-state index is -0.157. The molecular formula is C20H26N6O. The third-order valence-electron chi connectivity index (χ3n) is 5.70. The number of carbonyl (C=O) groups is 1. The summed E-state index contributed by atoms with van der Waals surface area (Å²) in [6.45, 7) is 2.99. The van der Waals surface area contributed by atoms with Gasteiger partial charge in [0.05, 0.1) is 18.4 Å². The van der Waals surface area contributed by atoms with Crippen LogP contribution in [0, 0.1) is 0 Å². The molecule has 1 aliphatic heterocycles. The molecule has 0 bridgehead atoms. The Hall–Kier alpha value is -2.54. The van der Waals surface area contributed by atoms with Crippen molar-refractivity contribution >= 4 is 11.7 Å². The van der Waals surface area contributed by atoms with Crippen LogP contribution in [0.3, 0.4) is 0 Å². The van der Waals surface area contributed by atoms with Crippen molar-refractivity contribution in [3.8, 4) is 0 Å². The van der Waals surface area contributed by atoms with Crippen molar-refractivity contribution < 1.29 is 4.79 Å². The average Bonchev–Trinajstić information content (AvgIpc) is 2.70. The molecule has 1 saturated carbocycles. The van der Waals surface area contributed by atoms with Crippen LogP contribution < -0.4 is 16.0 Å². The van der Waals surface area contributed by atoms with Crippen molar-refractivity contribution in [1.29, 1.82) is 0 Å². The Kier molecular flexibility index (Phi) is 5.03. The number of anilines is 1. The molecule has 1 aliphatic carbocycles. The molecule has 4 rings (SSSR count). The number of rotatable bonds is 3. The fourth-order valence-corrected chi connectivity index (χ4v) is 4.05. The molecule has 2 aromatic rings. The summed E-state index contributed by atoms with van der Waals surface area (Å²) in [5.74, 6) is 0.632. The highest BCUT2D eigenvalue weighted by atomic mass is 16.1. The summed E-state index contributed by atoms with van der Waals surface area (Å²) in [7, 11) is 0. The smallest absolute Gasteiger partial charge is 0.271 e. The molecule has 1 unspecified atom stereocenters. The van der Waals surface area contributed by atoms with E-state index in [1.807, 2.05) is 12.3 Å². The number of pyridine rings is 1. The first kappa shape index (κ1) is 17.9. The third kappa shape index (κ3) is 3.78. The van der Waals surface area contributed by atoms with Gasteiger partial charge >= 0.3 is 0 Å². The lowest BCUT2D eigenvalue weighted by molar-refractivity contribution is 0.0920. The van der Waals surface area contributed by atoms with E-state index in [2.05, 4.69) is 38.2 Å². The predicted molar refractivity (Wildman–Crippen MR) is 103 cm³/mol. The SMILES string of the molecule is CC1c2cccnc2CCN1c1cnc(C(=O)NC2CCC(N)CC2)cn1. The fraction of sp³-hybridized carbons (Fsp3) is 0.500. The molecule has 1 atom stereocenters. The highest BCUT2D eigenvalue weighted by Crippen LogP contribution is 2.30. The van der Waals surface area contributed by atoms with Gasteiger partial charge in [-0.2, -0.15) is 0 Å². The van der Waals surface area contributed by atoms with Gasteiger partial charge in [-0.1, -0.05) is 6.07 Å². The Bertz CT molecular complexity index is 800. The van der Waals surface area contributed by atoms with Crippen LogP contribution in [0.1, 0.15) is 60.4 Å². The third-order valence-corrected chi connectivity index (χ3v) is 5.70. The van der Waals surface area contributed by atoms with Gasteiger partial charge < -0.3 is 16.0 Å². The topological polar surface area (TPSA) is 97.0 Å². The molecule has 0 aromatic carbocycles. The van der Waals surface area contributed by atoms with Crippen LogP contribution >= 0.6 is 0 Å². The number of nitrogens with one attached hydrogen (secondary N) is 1. The molecule has 1 fully saturated rings. The first-order valence-electron chi connectivity index (χ1n) is 9.70. The van der Waals surface area contributed by atoms with E-state index in [4.69, 9.17) is 5.73 Å². The fourth-order valence-electron chi connectivity index (χ4n) is 4.05. The van der Waals surface area contributed by atoms with Gasteiger partial charge in [0.1, 0.15) is 11.5 Å². The number of nitrogens with two attached hydrogens (primary N) is 1. The molecule has 27 heavy (non-hydrogen) atoms. The van der Waals surface area contributed by atoms with Gasteiger partial charge in [-0.3, -0.25) is 9.78 Å². The molecule has 7 heteroatoms. The number of hydrogen-bond acceptors (Lipinski definition) is 6. The maximum Gasteiger partial charge on any atom is 0.271 e. The van der Waals surface area contributed by atoms with Crippen molar-refractivity contribution in [2.45, 2.75) is 57.2 Å². The van der Waals surface area contributed by atoms with Gasteiger partial charge in [0.15, 0.2) is 0 Å². The van der Waals surface area contributed by atoms with Crippen LogP contribution in [0.15, 0.2) is 30.7 Å². The van der Waals surface area contributed by atoms with Crippen LogP contribution in [-0.2, 0) is 6.42 Å². The summed E-state index contributed by atoms with van der Waals surface area (Å²) in [5.41, 5.74) is 8.66. The molecule has 1 amide bonds. The quantitative estimate of drug-likeness (QED) is 0.862. The number of fused-ring (bicyclic) bond motifs is 1. The van der Waals surface area contributed by atoms with Crippen molar-refractivity contribution in [2.75, 3.05) is 11.4 Å². The van der Waals surface area contributed by atoms with Crippen molar-refractivity contribution in [3.05, 3.63) is 47.7 Å². The molecule has 142 valence electrons. The monoisotopic (exact) mass is 366 g/mol. The second-order valence-electron chi connectivity index (χ2n) is 7.50. The number of nitrogens with zero attached hydrogens (tertiary/aromatic N) is 4.